The largest absolute Gasteiger partial charge is 0.423 e. The van der Waals surface area contributed by atoms with Crippen molar-refractivity contribution in [3.05, 3.63) is 48.6 Å². The van der Waals surface area contributed by atoms with Gasteiger partial charge in [-0.2, -0.15) is 4.31 Å². The Morgan fingerprint density at radius 1 is 1.13 bits per heavy atom. The smallest absolute Gasteiger partial charge is 0.281 e. The average Bonchev–Trinajstić information content (AvgIpc) is 3.39. The number of aromatic nitrogens is 3. The normalized spacial score (nSPS) is 12.3. The molecule has 2 heterocycles. The zero-order chi connectivity index (χ0) is 22.8. The van der Waals surface area contributed by atoms with Crippen LogP contribution in [0.25, 0.3) is 11.5 Å². The van der Waals surface area contributed by atoms with Gasteiger partial charge in [0.05, 0.1) is 4.90 Å². The molecular formula is C18H21N5O6S2. The summed E-state index contributed by atoms with van der Waals surface area (Å²) in [7, 11) is -6.60. The Morgan fingerprint density at radius 3 is 2.45 bits per heavy atom. The summed E-state index contributed by atoms with van der Waals surface area (Å²) in [4.78, 5) is 12.4. The molecule has 3 aromatic rings. The van der Waals surface area contributed by atoms with Crippen LogP contribution < -0.4 is 4.72 Å². The highest BCUT2D eigenvalue weighted by molar-refractivity contribution is 7.90. The van der Waals surface area contributed by atoms with Crippen LogP contribution in [0.3, 0.4) is 0 Å². The predicted molar refractivity (Wildman–Crippen MR) is 110 cm³/mol. The lowest BCUT2D eigenvalue weighted by atomic mass is 10.2. The number of hydrogen-bond acceptors (Lipinski definition) is 8. The Balaban J connectivity index is 1.88. The third-order valence-electron chi connectivity index (χ3n) is 4.53. The van der Waals surface area contributed by atoms with Crippen molar-refractivity contribution >= 4 is 26.0 Å². The molecule has 31 heavy (non-hydrogen) atoms. The van der Waals surface area contributed by atoms with Crippen LogP contribution in [0.4, 0.5) is 0 Å². The molecule has 0 aliphatic carbocycles. The molecule has 0 aliphatic rings. The van der Waals surface area contributed by atoms with Crippen LogP contribution in [0, 0.1) is 0 Å². The highest BCUT2D eigenvalue weighted by Crippen LogP contribution is 2.22. The van der Waals surface area contributed by atoms with E-state index in [-0.39, 0.29) is 34.5 Å². The van der Waals surface area contributed by atoms with Gasteiger partial charge in [-0.3, -0.25) is 4.79 Å². The number of carbonyl (C=O) groups is 1. The molecular weight excluding hydrogens is 446 g/mol. The Hall–Kier alpha value is -3.03. The van der Waals surface area contributed by atoms with E-state index in [0.717, 1.165) is 12.5 Å². The first-order valence-electron chi connectivity index (χ1n) is 9.20. The first kappa shape index (κ1) is 22.7. The van der Waals surface area contributed by atoms with E-state index < -0.39 is 26.0 Å². The molecule has 166 valence electrons. The topological polar surface area (TPSA) is 144 Å². The Morgan fingerprint density at radius 2 is 1.84 bits per heavy atom. The van der Waals surface area contributed by atoms with E-state index in [4.69, 9.17) is 4.42 Å². The number of carbonyl (C=O) groups excluding carboxylic acids is 1. The molecule has 0 bridgehead atoms. The van der Waals surface area contributed by atoms with E-state index in [1.54, 1.807) is 19.9 Å². The standard InChI is InChI=1S/C18H21N5O6S2/c1-4-23(5-2)31(27,28)15-10-16(22(3)11-15)17(24)21-30(25,26)14-8-6-7-13(9-14)18-20-19-12-29-18/h6-12H,4-5H2,1-3H3,(H,21,24). The van der Waals surface area contributed by atoms with Crippen LogP contribution in [0.15, 0.2) is 57.1 Å². The quantitative estimate of drug-likeness (QED) is 0.521. The van der Waals surface area contributed by atoms with Crippen molar-refractivity contribution in [2.45, 2.75) is 23.6 Å². The first-order chi connectivity index (χ1) is 14.6. The van der Waals surface area contributed by atoms with Crippen LogP contribution in [0.2, 0.25) is 0 Å². The van der Waals surface area contributed by atoms with Crippen molar-refractivity contribution in [1.29, 1.82) is 0 Å². The van der Waals surface area contributed by atoms with Crippen molar-refractivity contribution < 1.29 is 26.0 Å². The summed E-state index contributed by atoms with van der Waals surface area (Å²) in [5, 5.41) is 7.26. The van der Waals surface area contributed by atoms with Gasteiger partial charge in [-0.1, -0.05) is 19.9 Å². The second-order valence-corrected chi connectivity index (χ2v) is 10.1. The lowest BCUT2D eigenvalue weighted by molar-refractivity contribution is 0.0973. The molecule has 0 fully saturated rings. The summed E-state index contributed by atoms with van der Waals surface area (Å²) in [6.07, 6.45) is 2.38. The van der Waals surface area contributed by atoms with Gasteiger partial charge in [0, 0.05) is 31.9 Å². The minimum Gasteiger partial charge on any atom is -0.423 e. The van der Waals surface area contributed by atoms with Crippen LogP contribution in [0.5, 0.6) is 0 Å². The van der Waals surface area contributed by atoms with Crippen LogP contribution >= 0.6 is 0 Å². The summed E-state index contributed by atoms with van der Waals surface area (Å²) in [5.41, 5.74) is 0.238. The number of benzene rings is 1. The van der Waals surface area contributed by atoms with Crippen LogP contribution in [-0.2, 0) is 27.1 Å². The minimum absolute atomic E-state index is 0.0976. The van der Waals surface area contributed by atoms with E-state index in [2.05, 4.69) is 10.2 Å². The minimum atomic E-state index is -4.25. The van der Waals surface area contributed by atoms with Crippen molar-refractivity contribution in [1.82, 2.24) is 23.8 Å². The first-order valence-corrected chi connectivity index (χ1v) is 12.1. The average molecular weight is 468 g/mol. The third-order valence-corrected chi connectivity index (χ3v) is 7.88. The van der Waals surface area contributed by atoms with Crippen molar-refractivity contribution in [2.75, 3.05) is 13.1 Å². The lowest BCUT2D eigenvalue weighted by Crippen LogP contribution is -2.32. The Labute approximate surface area is 179 Å². The summed E-state index contributed by atoms with van der Waals surface area (Å²) in [6, 6.07) is 6.78. The fraction of sp³-hybridized carbons (Fsp3) is 0.278. The highest BCUT2D eigenvalue weighted by Gasteiger charge is 2.27. The van der Waals surface area contributed by atoms with E-state index in [1.807, 2.05) is 4.72 Å². The summed E-state index contributed by atoms with van der Waals surface area (Å²) < 4.78 is 60.3. The van der Waals surface area contributed by atoms with Crippen molar-refractivity contribution in [3.8, 4) is 11.5 Å². The second-order valence-electron chi connectivity index (χ2n) is 6.47. The molecule has 1 aromatic carbocycles. The lowest BCUT2D eigenvalue weighted by Gasteiger charge is -2.17. The molecule has 0 unspecified atom stereocenters. The fourth-order valence-corrected chi connectivity index (χ4v) is 5.48. The Kier molecular flexibility index (Phi) is 6.29. The zero-order valence-electron chi connectivity index (χ0n) is 17.0. The number of aryl methyl sites for hydroxylation is 1. The number of sulfonamides is 2. The van der Waals surface area contributed by atoms with Gasteiger partial charge in [0.1, 0.15) is 10.6 Å². The van der Waals surface area contributed by atoms with Gasteiger partial charge in [0.15, 0.2) is 0 Å². The molecule has 0 aliphatic heterocycles. The number of hydrogen-bond donors (Lipinski definition) is 1. The predicted octanol–water partition coefficient (Wildman–Crippen LogP) is 1.22. The summed E-state index contributed by atoms with van der Waals surface area (Å²) in [5.74, 6) is -0.844. The SMILES string of the molecule is CCN(CC)S(=O)(=O)c1cc(C(=O)NS(=O)(=O)c2cccc(-c3nnco3)c2)n(C)c1. The third kappa shape index (κ3) is 4.52. The number of amides is 1. The Bertz CT molecular complexity index is 1290. The summed E-state index contributed by atoms with van der Waals surface area (Å²) >= 11 is 0. The van der Waals surface area contributed by atoms with E-state index in [1.165, 1.54) is 40.3 Å². The molecule has 1 amide bonds. The van der Waals surface area contributed by atoms with Gasteiger partial charge in [-0.15, -0.1) is 10.2 Å². The van der Waals surface area contributed by atoms with Gasteiger partial charge in [-0.25, -0.2) is 21.6 Å². The van der Waals surface area contributed by atoms with Crippen LogP contribution in [-0.4, -0.2) is 54.9 Å². The van der Waals surface area contributed by atoms with E-state index in [0.29, 0.717) is 5.56 Å². The molecule has 0 saturated heterocycles. The van der Waals surface area contributed by atoms with Crippen LogP contribution in [0.1, 0.15) is 24.3 Å². The number of nitrogens with zero attached hydrogens (tertiary/aromatic N) is 4. The zero-order valence-corrected chi connectivity index (χ0v) is 18.6. The monoisotopic (exact) mass is 467 g/mol. The van der Waals surface area contributed by atoms with Gasteiger partial charge in [0.2, 0.25) is 22.3 Å². The van der Waals surface area contributed by atoms with Gasteiger partial charge >= 0.3 is 0 Å². The van der Waals surface area contributed by atoms with Gasteiger partial charge < -0.3 is 8.98 Å². The second kappa shape index (κ2) is 8.61. The molecule has 0 radical (unpaired) electrons. The molecule has 1 N–H and O–H groups in total. The highest BCUT2D eigenvalue weighted by atomic mass is 32.2. The molecule has 13 heteroatoms. The molecule has 3 rings (SSSR count). The van der Waals surface area contributed by atoms with E-state index in [9.17, 15) is 21.6 Å². The van der Waals surface area contributed by atoms with Gasteiger partial charge in [-0.05, 0) is 24.3 Å². The van der Waals surface area contributed by atoms with E-state index >= 15 is 0 Å². The van der Waals surface area contributed by atoms with Crippen molar-refractivity contribution in [2.24, 2.45) is 7.05 Å². The number of nitrogens with one attached hydrogen (secondary N) is 1. The molecule has 2 aromatic heterocycles. The molecule has 0 spiro atoms. The maximum absolute atomic E-state index is 12.7. The maximum Gasteiger partial charge on any atom is 0.281 e. The molecule has 11 nitrogen and oxygen atoms in total. The van der Waals surface area contributed by atoms with Gasteiger partial charge in [0.25, 0.3) is 15.9 Å². The summed E-state index contributed by atoms with van der Waals surface area (Å²) in [6.45, 7) is 3.93. The fourth-order valence-electron chi connectivity index (χ4n) is 2.94. The number of rotatable bonds is 8. The van der Waals surface area contributed by atoms with Crippen molar-refractivity contribution in [3.63, 3.8) is 0 Å². The maximum atomic E-state index is 12.7. The molecule has 0 saturated carbocycles. The molecule has 0 atom stereocenters.